The molecule has 1 aliphatic heterocycles. The van der Waals surface area contributed by atoms with Crippen molar-refractivity contribution >= 4 is 23.4 Å². The molecule has 1 atom stereocenters. The Morgan fingerprint density at radius 1 is 1.13 bits per heavy atom. The lowest BCUT2D eigenvalue weighted by atomic mass is 9.93. The smallest absolute Gasteiger partial charge is 0.321 e. The highest BCUT2D eigenvalue weighted by molar-refractivity contribution is 5.96. The van der Waals surface area contributed by atoms with E-state index in [4.69, 9.17) is 0 Å². The van der Waals surface area contributed by atoms with Gasteiger partial charge in [0.15, 0.2) is 5.78 Å². The highest BCUT2D eigenvalue weighted by Crippen LogP contribution is 2.22. The number of nitrogens with zero attached hydrogens (tertiary/aromatic N) is 1. The van der Waals surface area contributed by atoms with Crippen molar-refractivity contribution in [3.63, 3.8) is 0 Å². The first-order chi connectivity index (χ1) is 14.9. The van der Waals surface area contributed by atoms with Crippen LogP contribution in [0.5, 0.6) is 0 Å². The molecule has 6 nitrogen and oxygen atoms in total. The molecule has 7 heteroatoms. The number of Topliss-reactive ketones (excluding diaryl/α,β-unsaturated/α-hetero) is 1. The van der Waals surface area contributed by atoms with Gasteiger partial charge in [-0.15, -0.1) is 0 Å². The van der Waals surface area contributed by atoms with Gasteiger partial charge < -0.3 is 15.5 Å². The molecular weight excluding hydrogens is 397 g/mol. The SMILES string of the molecule is CC(=O)c1cccc(NC(=O)N2CCC[C@H](CCC(=O)NCc3ccccc3F)C2)c1. The summed E-state index contributed by atoms with van der Waals surface area (Å²) in [6, 6.07) is 13.1. The first kappa shape index (κ1) is 22.5. The Kier molecular flexibility index (Phi) is 7.76. The highest BCUT2D eigenvalue weighted by Gasteiger charge is 2.24. The fraction of sp³-hybridized carbons (Fsp3) is 0.375. The summed E-state index contributed by atoms with van der Waals surface area (Å²) in [6.45, 7) is 2.90. The van der Waals surface area contributed by atoms with Crippen LogP contribution in [0.4, 0.5) is 14.9 Å². The van der Waals surface area contributed by atoms with Gasteiger partial charge in [0.05, 0.1) is 0 Å². The fourth-order valence-electron chi connectivity index (χ4n) is 3.76. The van der Waals surface area contributed by atoms with Crippen molar-refractivity contribution in [2.24, 2.45) is 5.92 Å². The molecule has 3 amide bonds. The molecule has 0 aliphatic carbocycles. The van der Waals surface area contributed by atoms with Crippen LogP contribution in [-0.4, -0.2) is 35.7 Å². The summed E-state index contributed by atoms with van der Waals surface area (Å²) in [5.74, 6) is -0.263. The fourth-order valence-corrected chi connectivity index (χ4v) is 3.76. The van der Waals surface area contributed by atoms with E-state index in [9.17, 15) is 18.8 Å². The zero-order chi connectivity index (χ0) is 22.2. The predicted molar refractivity (Wildman–Crippen MR) is 117 cm³/mol. The summed E-state index contributed by atoms with van der Waals surface area (Å²) in [7, 11) is 0. The zero-order valence-electron chi connectivity index (χ0n) is 17.7. The summed E-state index contributed by atoms with van der Waals surface area (Å²) in [5, 5.41) is 5.62. The summed E-state index contributed by atoms with van der Waals surface area (Å²) < 4.78 is 13.6. The first-order valence-electron chi connectivity index (χ1n) is 10.6. The van der Waals surface area contributed by atoms with Crippen LogP contribution in [0.2, 0.25) is 0 Å². The number of halogens is 1. The van der Waals surface area contributed by atoms with E-state index < -0.39 is 0 Å². The monoisotopic (exact) mass is 425 g/mol. The Labute approximate surface area is 181 Å². The molecule has 1 fully saturated rings. The van der Waals surface area contributed by atoms with Crippen LogP contribution in [0.25, 0.3) is 0 Å². The maximum Gasteiger partial charge on any atom is 0.321 e. The van der Waals surface area contributed by atoms with Gasteiger partial charge >= 0.3 is 6.03 Å². The van der Waals surface area contributed by atoms with Crippen molar-refractivity contribution < 1.29 is 18.8 Å². The Hall–Kier alpha value is -3.22. The minimum absolute atomic E-state index is 0.0533. The van der Waals surface area contributed by atoms with E-state index in [0.29, 0.717) is 42.7 Å². The van der Waals surface area contributed by atoms with E-state index in [1.165, 1.54) is 13.0 Å². The van der Waals surface area contributed by atoms with Gasteiger partial charge in [-0.3, -0.25) is 9.59 Å². The Balaban J connectivity index is 1.45. The van der Waals surface area contributed by atoms with Gasteiger partial charge in [-0.1, -0.05) is 30.3 Å². The number of piperidine rings is 1. The molecule has 0 bridgehead atoms. The quantitative estimate of drug-likeness (QED) is 0.647. The minimum atomic E-state index is -0.328. The number of likely N-dealkylation sites (tertiary alicyclic amines) is 1. The van der Waals surface area contributed by atoms with Crippen molar-refractivity contribution in [3.8, 4) is 0 Å². The number of nitrogens with one attached hydrogen (secondary N) is 2. The van der Waals surface area contributed by atoms with Gasteiger partial charge in [0.2, 0.25) is 5.91 Å². The molecule has 0 unspecified atom stereocenters. The number of rotatable bonds is 7. The summed E-state index contributed by atoms with van der Waals surface area (Å²) in [5.41, 5.74) is 1.60. The van der Waals surface area contributed by atoms with Gasteiger partial charge in [0.1, 0.15) is 5.82 Å². The number of benzene rings is 2. The van der Waals surface area contributed by atoms with E-state index in [0.717, 1.165) is 12.8 Å². The molecule has 2 aromatic rings. The third kappa shape index (κ3) is 6.64. The summed E-state index contributed by atoms with van der Waals surface area (Å²) >= 11 is 0. The van der Waals surface area contributed by atoms with Crippen molar-refractivity contribution in [2.45, 2.75) is 39.2 Å². The molecule has 0 aromatic heterocycles. The summed E-state index contributed by atoms with van der Waals surface area (Å²) in [4.78, 5) is 38.1. The van der Waals surface area contributed by atoms with Crippen molar-refractivity contribution in [1.29, 1.82) is 0 Å². The number of hydrogen-bond acceptors (Lipinski definition) is 3. The van der Waals surface area contributed by atoms with Crippen LogP contribution in [0, 0.1) is 11.7 Å². The van der Waals surface area contributed by atoms with Crippen molar-refractivity contribution in [1.82, 2.24) is 10.2 Å². The second-order valence-electron chi connectivity index (χ2n) is 7.93. The Morgan fingerprint density at radius 2 is 1.94 bits per heavy atom. The van der Waals surface area contributed by atoms with E-state index in [1.54, 1.807) is 47.4 Å². The first-order valence-corrected chi connectivity index (χ1v) is 10.6. The van der Waals surface area contributed by atoms with E-state index in [-0.39, 0.29) is 36.0 Å². The molecule has 1 heterocycles. The van der Waals surface area contributed by atoms with Gasteiger partial charge in [0.25, 0.3) is 0 Å². The number of urea groups is 1. The van der Waals surface area contributed by atoms with Gasteiger partial charge in [-0.2, -0.15) is 0 Å². The standard InChI is InChI=1S/C24H28FN3O3/c1-17(29)19-8-4-9-21(14-19)27-24(31)28-13-5-6-18(16-28)11-12-23(30)26-15-20-7-2-3-10-22(20)25/h2-4,7-10,14,18H,5-6,11-13,15-16H2,1H3,(H,26,30)(H,27,31)/t18-/m1/s1. The molecule has 31 heavy (non-hydrogen) atoms. The molecule has 1 aliphatic rings. The molecule has 0 radical (unpaired) electrons. The molecule has 164 valence electrons. The molecule has 0 spiro atoms. The highest BCUT2D eigenvalue weighted by atomic mass is 19.1. The van der Waals surface area contributed by atoms with Crippen molar-refractivity contribution in [2.75, 3.05) is 18.4 Å². The van der Waals surface area contributed by atoms with Crippen LogP contribution in [-0.2, 0) is 11.3 Å². The molecule has 2 N–H and O–H groups in total. The van der Waals surface area contributed by atoms with E-state index in [1.807, 2.05) is 0 Å². The van der Waals surface area contributed by atoms with Crippen LogP contribution in [0.3, 0.4) is 0 Å². The lowest BCUT2D eigenvalue weighted by molar-refractivity contribution is -0.121. The molecule has 1 saturated heterocycles. The molecule has 2 aromatic carbocycles. The molecule has 0 saturated carbocycles. The van der Waals surface area contributed by atoms with Gasteiger partial charge in [0, 0.05) is 42.9 Å². The number of carbonyl (C=O) groups excluding carboxylic acids is 3. The van der Waals surface area contributed by atoms with Crippen LogP contribution < -0.4 is 10.6 Å². The number of hydrogen-bond donors (Lipinski definition) is 2. The average molecular weight is 426 g/mol. The van der Waals surface area contributed by atoms with E-state index >= 15 is 0 Å². The Bertz CT molecular complexity index is 947. The summed E-state index contributed by atoms with van der Waals surface area (Å²) in [6.07, 6.45) is 2.86. The third-order valence-corrected chi connectivity index (χ3v) is 5.54. The van der Waals surface area contributed by atoms with Crippen molar-refractivity contribution in [3.05, 3.63) is 65.5 Å². The predicted octanol–water partition coefficient (Wildman–Crippen LogP) is 4.37. The number of ketones is 1. The lowest BCUT2D eigenvalue weighted by Crippen LogP contribution is -2.42. The maximum atomic E-state index is 13.6. The number of carbonyl (C=O) groups is 3. The zero-order valence-corrected chi connectivity index (χ0v) is 17.7. The topological polar surface area (TPSA) is 78.5 Å². The Morgan fingerprint density at radius 3 is 2.71 bits per heavy atom. The molecular formula is C24H28FN3O3. The van der Waals surface area contributed by atoms with Crippen LogP contribution >= 0.6 is 0 Å². The van der Waals surface area contributed by atoms with Crippen LogP contribution in [0.15, 0.2) is 48.5 Å². The second kappa shape index (κ2) is 10.7. The minimum Gasteiger partial charge on any atom is -0.352 e. The largest absolute Gasteiger partial charge is 0.352 e. The average Bonchev–Trinajstić information content (AvgIpc) is 2.77. The van der Waals surface area contributed by atoms with Gasteiger partial charge in [-0.25, -0.2) is 9.18 Å². The maximum absolute atomic E-state index is 13.6. The van der Waals surface area contributed by atoms with E-state index in [2.05, 4.69) is 10.6 Å². The lowest BCUT2D eigenvalue weighted by Gasteiger charge is -2.32. The number of anilines is 1. The number of amides is 3. The molecule has 3 rings (SSSR count). The normalized spacial score (nSPS) is 15.9. The van der Waals surface area contributed by atoms with Crippen LogP contribution in [0.1, 0.15) is 48.5 Å². The third-order valence-electron chi connectivity index (χ3n) is 5.54. The second-order valence-corrected chi connectivity index (χ2v) is 7.93. The van der Waals surface area contributed by atoms with Gasteiger partial charge in [-0.05, 0) is 50.3 Å².